The van der Waals surface area contributed by atoms with E-state index < -0.39 is 0 Å². The van der Waals surface area contributed by atoms with Crippen molar-refractivity contribution in [2.45, 2.75) is 43.9 Å². The van der Waals surface area contributed by atoms with E-state index in [-0.39, 0.29) is 0 Å². The average Bonchev–Trinajstić information content (AvgIpc) is 2.17. The van der Waals surface area contributed by atoms with Crippen molar-refractivity contribution < 1.29 is 4.74 Å². The van der Waals surface area contributed by atoms with Gasteiger partial charge in [0, 0.05) is 25.7 Å². The Labute approximate surface area is 86.8 Å². The van der Waals surface area contributed by atoms with E-state index in [2.05, 4.69) is 17.3 Å². The van der Waals surface area contributed by atoms with Crippen molar-refractivity contribution >= 4 is 0 Å². The van der Waals surface area contributed by atoms with Crippen molar-refractivity contribution in [2.24, 2.45) is 0 Å². The van der Waals surface area contributed by atoms with Gasteiger partial charge in [0.2, 0.25) is 0 Å². The van der Waals surface area contributed by atoms with E-state index >= 15 is 0 Å². The lowest BCUT2D eigenvalue weighted by Gasteiger charge is -2.45. The molecule has 1 saturated heterocycles. The van der Waals surface area contributed by atoms with Gasteiger partial charge in [0.15, 0.2) is 0 Å². The van der Waals surface area contributed by atoms with Crippen LogP contribution in [0.3, 0.4) is 0 Å². The summed E-state index contributed by atoms with van der Waals surface area (Å²) in [6.07, 6.45) is 5.67. The number of piperidine rings is 1. The molecule has 1 N–H and O–H groups in total. The maximum absolute atomic E-state index is 5.31. The van der Waals surface area contributed by atoms with E-state index in [9.17, 15) is 0 Å². The van der Waals surface area contributed by atoms with Crippen LogP contribution in [0.25, 0.3) is 0 Å². The van der Waals surface area contributed by atoms with Crippen LogP contribution in [0.1, 0.15) is 25.7 Å². The van der Waals surface area contributed by atoms with E-state index in [0.29, 0.717) is 6.10 Å². The molecule has 0 aromatic heterocycles. The van der Waals surface area contributed by atoms with E-state index in [1.165, 1.54) is 38.8 Å². The number of ether oxygens (including phenoxy) is 1. The minimum Gasteiger partial charge on any atom is -0.381 e. The lowest BCUT2D eigenvalue weighted by Crippen LogP contribution is -2.54. The van der Waals surface area contributed by atoms with Gasteiger partial charge in [0.05, 0.1) is 6.10 Å². The Bertz CT molecular complexity index is 174. The van der Waals surface area contributed by atoms with Crippen LogP contribution in [-0.4, -0.2) is 50.3 Å². The summed E-state index contributed by atoms with van der Waals surface area (Å²) in [5, 5.41) is 3.47. The highest BCUT2D eigenvalue weighted by Crippen LogP contribution is 2.29. The van der Waals surface area contributed by atoms with Crippen molar-refractivity contribution in [3.8, 4) is 0 Å². The van der Waals surface area contributed by atoms with Crippen LogP contribution in [0.5, 0.6) is 0 Å². The number of likely N-dealkylation sites (N-methyl/N-ethyl adjacent to an activating group) is 1. The van der Waals surface area contributed by atoms with Gasteiger partial charge in [-0.3, -0.25) is 4.90 Å². The van der Waals surface area contributed by atoms with Crippen LogP contribution >= 0.6 is 0 Å². The molecule has 0 bridgehead atoms. The van der Waals surface area contributed by atoms with Gasteiger partial charge in [-0.25, -0.2) is 0 Å². The van der Waals surface area contributed by atoms with Crippen molar-refractivity contribution in [3.63, 3.8) is 0 Å². The van der Waals surface area contributed by atoms with Gasteiger partial charge >= 0.3 is 0 Å². The third kappa shape index (κ3) is 2.10. The van der Waals surface area contributed by atoms with E-state index in [4.69, 9.17) is 4.74 Å². The molecule has 0 aromatic carbocycles. The molecule has 1 saturated carbocycles. The van der Waals surface area contributed by atoms with Crippen LogP contribution in [-0.2, 0) is 4.74 Å². The standard InChI is InChI=1S/C11H22N2O/c1-13(9-4-3-5-12-8-9)10-6-11(7-10)14-2/h9-12H,3-8H2,1-2H3. The number of nitrogens with one attached hydrogen (secondary N) is 1. The number of hydrogen-bond acceptors (Lipinski definition) is 3. The summed E-state index contributed by atoms with van der Waals surface area (Å²) in [6, 6.07) is 1.52. The molecule has 1 unspecified atom stereocenters. The number of nitrogens with zero attached hydrogens (tertiary/aromatic N) is 1. The van der Waals surface area contributed by atoms with Gasteiger partial charge in [-0.2, -0.15) is 0 Å². The molecule has 82 valence electrons. The molecule has 14 heavy (non-hydrogen) atoms. The second-order valence-electron chi connectivity index (χ2n) is 4.65. The summed E-state index contributed by atoms with van der Waals surface area (Å²) in [5.74, 6) is 0. The highest BCUT2D eigenvalue weighted by Gasteiger charge is 2.34. The molecule has 1 heterocycles. The zero-order valence-corrected chi connectivity index (χ0v) is 9.33. The van der Waals surface area contributed by atoms with Crippen molar-refractivity contribution in [3.05, 3.63) is 0 Å². The summed E-state index contributed by atoms with van der Waals surface area (Å²) in [4.78, 5) is 2.56. The van der Waals surface area contributed by atoms with Gasteiger partial charge in [-0.1, -0.05) is 0 Å². The molecule has 0 spiro atoms. The molecule has 3 heteroatoms. The fraction of sp³-hybridized carbons (Fsp3) is 1.00. The summed E-state index contributed by atoms with van der Waals surface area (Å²) < 4.78 is 5.31. The lowest BCUT2D eigenvalue weighted by atomic mass is 9.86. The van der Waals surface area contributed by atoms with Crippen molar-refractivity contribution in [1.29, 1.82) is 0 Å². The van der Waals surface area contributed by atoms with Gasteiger partial charge in [-0.15, -0.1) is 0 Å². The SMILES string of the molecule is COC1CC(N(C)C2CCCNC2)C1. The first-order valence-corrected chi connectivity index (χ1v) is 5.76. The summed E-state index contributed by atoms with van der Waals surface area (Å²) in [7, 11) is 4.09. The quantitative estimate of drug-likeness (QED) is 0.727. The average molecular weight is 198 g/mol. The van der Waals surface area contributed by atoms with Crippen molar-refractivity contribution in [1.82, 2.24) is 10.2 Å². The minimum absolute atomic E-state index is 0.527. The fourth-order valence-electron chi connectivity index (χ4n) is 2.54. The number of methoxy groups -OCH3 is 1. The smallest absolute Gasteiger partial charge is 0.0601 e. The Morgan fingerprint density at radius 3 is 2.64 bits per heavy atom. The highest BCUT2D eigenvalue weighted by molar-refractivity contribution is 4.90. The molecule has 2 aliphatic rings. The van der Waals surface area contributed by atoms with Crippen molar-refractivity contribution in [2.75, 3.05) is 27.2 Å². The second-order valence-corrected chi connectivity index (χ2v) is 4.65. The number of rotatable bonds is 3. The molecule has 2 rings (SSSR count). The van der Waals surface area contributed by atoms with Crippen LogP contribution in [0, 0.1) is 0 Å². The molecule has 3 nitrogen and oxygen atoms in total. The zero-order valence-electron chi connectivity index (χ0n) is 9.33. The molecule has 0 amide bonds. The fourth-order valence-corrected chi connectivity index (χ4v) is 2.54. The van der Waals surface area contributed by atoms with Crippen LogP contribution in [0.2, 0.25) is 0 Å². The molecule has 0 radical (unpaired) electrons. The molecular formula is C11H22N2O. The van der Waals surface area contributed by atoms with Gasteiger partial charge < -0.3 is 10.1 Å². The molecular weight excluding hydrogens is 176 g/mol. The number of hydrogen-bond donors (Lipinski definition) is 1. The van der Waals surface area contributed by atoms with Crippen LogP contribution in [0.15, 0.2) is 0 Å². The van der Waals surface area contributed by atoms with Gasteiger partial charge in [0.1, 0.15) is 0 Å². The highest BCUT2D eigenvalue weighted by atomic mass is 16.5. The van der Waals surface area contributed by atoms with Crippen LogP contribution < -0.4 is 5.32 Å². The maximum Gasteiger partial charge on any atom is 0.0601 e. The zero-order chi connectivity index (χ0) is 9.97. The predicted molar refractivity (Wildman–Crippen MR) is 57.5 cm³/mol. The van der Waals surface area contributed by atoms with Gasteiger partial charge in [-0.05, 0) is 39.3 Å². The molecule has 1 atom stereocenters. The predicted octanol–water partition coefficient (Wildman–Crippen LogP) is 0.848. The minimum atomic E-state index is 0.527. The third-order valence-corrected chi connectivity index (χ3v) is 3.83. The second kappa shape index (κ2) is 4.60. The van der Waals surface area contributed by atoms with E-state index in [1.54, 1.807) is 0 Å². The Morgan fingerprint density at radius 1 is 1.29 bits per heavy atom. The molecule has 1 aliphatic heterocycles. The Balaban J connectivity index is 1.75. The molecule has 0 aromatic rings. The Hall–Kier alpha value is -0.120. The van der Waals surface area contributed by atoms with E-state index in [0.717, 1.165) is 12.1 Å². The Kier molecular flexibility index (Phi) is 3.42. The maximum atomic E-state index is 5.31. The summed E-state index contributed by atoms with van der Waals surface area (Å²) in [6.45, 7) is 2.38. The van der Waals surface area contributed by atoms with E-state index in [1.807, 2.05) is 7.11 Å². The third-order valence-electron chi connectivity index (χ3n) is 3.83. The summed E-state index contributed by atoms with van der Waals surface area (Å²) >= 11 is 0. The monoisotopic (exact) mass is 198 g/mol. The lowest BCUT2D eigenvalue weighted by molar-refractivity contribution is -0.0339. The first-order chi connectivity index (χ1) is 6.81. The first-order valence-electron chi connectivity index (χ1n) is 5.76. The first kappa shape index (κ1) is 10.4. The van der Waals surface area contributed by atoms with Crippen LogP contribution in [0.4, 0.5) is 0 Å². The molecule has 2 fully saturated rings. The largest absolute Gasteiger partial charge is 0.381 e. The summed E-state index contributed by atoms with van der Waals surface area (Å²) in [5.41, 5.74) is 0. The van der Waals surface area contributed by atoms with Gasteiger partial charge in [0.25, 0.3) is 0 Å². The molecule has 1 aliphatic carbocycles. The normalized spacial score (nSPS) is 38.4. The Morgan fingerprint density at radius 2 is 2.07 bits per heavy atom. The topological polar surface area (TPSA) is 24.5 Å².